The highest BCUT2D eigenvalue weighted by Crippen LogP contribution is 2.35. The van der Waals surface area contributed by atoms with Gasteiger partial charge in [-0.25, -0.2) is 0 Å². The number of carbonyl (C=O) groups excluding carboxylic acids is 1. The van der Waals surface area contributed by atoms with Crippen LogP contribution in [0.25, 0.3) is 0 Å². The maximum Gasteiger partial charge on any atom is 0.314 e. The number of hydrogen-bond acceptors (Lipinski definition) is 5. The van der Waals surface area contributed by atoms with Crippen LogP contribution in [-0.2, 0) is 4.79 Å². The normalized spacial score (nSPS) is 16.8. The van der Waals surface area contributed by atoms with Gasteiger partial charge in [0.2, 0.25) is 0 Å². The quantitative estimate of drug-likeness (QED) is 0.558. The molecule has 1 fully saturated rings. The fourth-order valence-electron chi connectivity index (χ4n) is 3.07. The largest absolute Gasteiger partial charge is 0.496 e. The Bertz CT molecular complexity index is 697. The first-order chi connectivity index (χ1) is 12.1. The van der Waals surface area contributed by atoms with Crippen LogP contribution in [0.15, 0.2) is 30.0 Å². The standard InChI is InChI=1S/C18H22N2O5/c1-24-15-9-10-17(16(11-15)20(22)23)25-12-18(21)19(14-7-8-14)13-5-3-2-4-6-13/h5,9-11,14H,2-4,6-8,12H2,1H3. The lowest BCUT2D eigenvalue weighted by atomic mass is 10.0. The summed E-state index contributed by atoms with van der Waals surface area (Å²) in [7, 11) is 1.44. The van der Waals surface area contributed by atoms with Gasteiger partial charge in [-0.05, 0) is 50.7 Å². The fraction of sp³-hybridized carbons (Fsp3) is 0.500. The number of nitro benzene ring substituents is 1. The second-order valence-electron chi connectivity index (χ2n) is 6.32. The van der Waals surface area contributed by atoms with E-state index in [2.05, 4.69) is 6.08 Å². The van der Waals surface area contributed by atoms with Crippen LogP contribution in [0.5, 0.6) is 11.5 Å². The molecule has 0 radical (unpaired) electrons. The predicted molar refractivity (Wildman–Crippen MR) is 91.6 cm³/mol. The molecule has 0 unspecified atom stereocenters. The van der Waals surface area contributed by atoms with Crippen molar-refractivity contribution in [2.75, 3.05) is 13.7 Å². The Morgan fingerprint density at radius 2 is 2.16 bits per heavy atom. The summed E-state index contributed by atoms with van der Waals surface area (Å²) in [4.78, 5) is 25.2. The number of methoxy groups -OCH3 is 1. The third kappa shape index (κ3) is 4.10. The topological polar surface area (TPSA) is 81.9 Å². The predicted octanol–water partition coefficient (Wildman–Crippen LogP) is 3.43. The van der Waals surface area contributed by atoms with E-state index in [0.717, 1.165) is 44.2 Å². The number of nitro groups is 1. The molecular formula is C18H22N2O5. The van der Waals surface area contributed by atoms with Crippen LogP contribution in [0.1, 0.15) is 38.5 Å². The number of ether oxygens (including phenoxy) is 2. The summed E-state index contributed by atoms with van der Waals surface area (Å²) < 4.78 is 10.5. The second kappa shape index (κ2) is 7.55. The minimum atomic E-state index is -0.537. The Morgan fingerprint density at radius 3 is 2.76 bits per heavy atom. The van der Waals surface area contributed by atoms with Crippen molar-refractivity contribution in [2.24, 2.45) is 0 Å². The fourth-order valence-corrected chi connectivity index (χ4v) is 3.07. The van der Waals surface area contributed by atoms with Crippen LogP contribution in [-0.4, -0.2) is 35.5 Å². The molecule has 1 aromatic carbocycles. The first-order valence-electron chi connectivity index (χ1n) is 8.56. The highest BCUT2D eigenvalue weighted by molar-refractivity contribution is 5.80. The average molecular weight is 346 g/mol. The summed E-state index contributed by atoms with van der Waals surface area (Å²) in [5.41, 5.74) is 0.869. The molecule has 0 aliphatic heterocycles. The van der Waals surface area contributed by atoms with E-state index in [0.29, 0.717) is 5.75 Å². The van der Waals surface area contributed by atoms with Crippen molar-refractivity contribution in [3.8, 4) is 11.5 Å². The monoisotopic (exact) mass is 346 g/mol. The van der Waals surface area contributed by atoms with E-state index in [4.69, 9.17) is 9.47 Å². The zero-order chi connectivity index (χ0) is 17.8. The van der Waals surface area contributed by atoms with E-state index in [1.165, 1.54) is 19.2 Å². The molecule has 2 aliphatic rings. The van der Waals surface area contributed by atoms with Gasteiger partial charge in [-0.2, -0.15) is 0 Å². The summed E-state index contributed by atoms with van der Waals surface area (Å²) in [5, 5.41) is 11.2. The van der Waals surface area contributed by atoms with Gasteiger partial charge in [-0.15, -0.1) is 0 Å². The zero-order valence-corrected chi connectivity index (χ0v) is 14.3. The van der Waals surface area contributed by atoms with Crippen molar-refractivity contribution in [1.29, 1.82) is 0 Å². The van der Waals surface area contributed by atoms with E-state index in [1.807, 2.05) is 4.90 Å². The molecule has 0 aromatic heterocycles. The van der Waals surface area contributed by atoms with Crippen molar-refractivity contribution in [3.05, 3.63) is 40.1 Å². The van der Waals surface area contributed by atoms with Gasteiger partial charge in [0.15, 0.2) is 12.4 Å². The molecule has 0 N–H and O–H groups in total. The van der Waals surface area contributed by atoms with E-state index >= 15 is 0 Å². The SMILES string of the molecule is COc1ccc(OCC(=O)N(C2=CCCCC2)C2CC2)c([N+](=O)[O-])c1. The molecule has 1 saturated carbocycles. The van der Waals surface area contributed by atoms with E-state index in [-0.39, 0.29) is 30.0 Å². The number of allylic oxidation sites excluding steroid dienone is 2. The lowest BCUT2D eigenvalue weighted by Gasteiger charge is -2.27. The van der Waals surface area contributed by atoms with Crippen molar-refractivity contribution in [2.45, 2.75) is 44.6 Å². The van der Waals surface area contributed by atoms with Crippen LogP contribution in [0.2, 0.25) is 0 Å². The van der Waals surface area contributed by atoms with Crippen molar-refractivity contribution in [1.82, 2.24) is 4.90 Å². The molecule has 7 nitrogen and oxygen atoms in total. The minimum Gasteiger partial charge on any atom is -0.496 e. The summed E-state index contributed by atoms with van der Waals surface area (Å²) >= 11 is 0. The summed E-state index contributed by atoms with van der Waals surface area (Å²) in [6.07, 6.45) is 8.30. The summed E-state index contributed by atoms with van der Waals surface area (Å²) in [5.74, 6) is 0.311. The lowest BCUT2D eigenvalue weighted by molar-refractivity contribution is -0.385. The number of carbonyl (C=O) groups is 1. The maximum absolute atomic E-state index is 12.7. The number of rotatable bonds is 7. The third-order valence-corrected chi connectivity index (χ3v) is 4.47. The Morgan fingerprint density at radius 1 is 1.36 bits per heavy atom. The van der Waals surface area contributed by atoms with Crippen molar-refractivity contribution >= 4 is 11.6 Å². The van der Waals surface area contributed by atoms with Gasteiger partial charge < -0.3 is 14.4 Å². The van der Waals surface area contributed by atoms with Gasteiger partial charge in [0.25, 0.3) is 5.91 Å². The highest BCUT2D eigenvalue weighted by atomic mass is 16.6. The highest BCUT2D eigenvalue weighted by Gasteiger charge is 2.35. The number of amides is 1. The summed E-state index contributed by atoms with van der Waals surface area (Å²) in [6.45, 7) is -0.207. The summed E-state index contributed by atoms with van der Waals surface area (Å²) in [6, 6.07) is 4.59. The van der Waals surface area contributed by atoms with Crippen LogP contribution in [0, 0.1) is 10.1 Å². The Kier molecular flexibility index (Phi) is 5.21. The Hall–Kier alpha value is -2.57. The molecule has 0 saturated heterocycles. The van der Waals surface area contributed by atoms with E-state index in [9.17, 15) is 14.9 Å². The minimum absolute atomic E-state index is 0.0764. The molecule has 2 aliphatic carbocycles. The first kappa shape index (κ1) is 17.3. The number of benzene rings is 1. The van der Waals surface area contributed by atoms with Gasteiger partial charge in [0, 0.05) is 11.7 Å². The third-order valence-electron chi connectivity index (χ3n) is 4.47. The molecular weight excluding hydrogens is 324 g/mol. The number of nitrogens with zero attached hydrogens (tertiary/aromatic N) is 2. The number of hydrogen-bond donors (Lipinski definition) is 0. The molecule has 0 spiro atoms. The van der Waals surface area contributed by atoms with Crippen molar-refractivity contribution in [3.63, 3.8) is 0 Å². The van der Waals surface area contributed by atoms with E-state index < -0.39 is 4.92 Å². The molecule has 0 bridgehead atoms. The van der Waals surface area contributed by atoms with Crippen LogP contribution in [0.3, 0.4) is 0 Å². The van der Waals surface area contributed by atoms with Crippen molar-refractivity contribution < 1.29 is 19.2 Å². The maximum atomic E-state index is 12.7. The smallest absolute Gasteiger partial charge is 0.314 e. The molecule has 3 rings (SSSR count). The Balaban J connectivity index is 1.70. The zero-order valence-electron chi connectivity index (χ0n) is 14.3. The van der Waals surface area contributed by atoms with Gasteiger partial charge >= 0.3 is 5.69 Å². The molecule has 0 atom stereocenters. The van der Waals surface area contributed by atoms with E-state index in [1.54, 1.807) is 6.07 Å². The average Bonchev–Trinajstić information content (AvgIpc) is 3.45. The van der Waals surface area contributed by atoms with Crippen LogP contribution >= 0.6 is 0 Å². The molecule has 25 heavy (non-hydrogen) atoms. The molecule has 1 amide bonds. The lowest BCUT2D eigenvalue weighted by Crippen LogP contribution is -2.36. The Labute approximate surface area is 146 Å². The molecule has 134 valence electrons. The molecule has 7 heteroatoms. The van der Waals surface area contributed by atoms with Gasteiger partial charge in [-0.1, -0.05) is 6.08 Å². The molecule has 1 aromatic rings. The van der Waals surface area contributed by atoms with Crippen LogP contribution < -0.4 is 9.47 Å². The van der Waals surface area contributed by atoms with Crippen LogP contribution in [0.4, 0.5) is 5.69 Å². The van der Waals surface area contributed by atoms with Gasteiger partial charge in [0.05, 0.1) is 18.1 Å². The first-order valence-corrected chi connectivity index (χ1v) is 8.56. The van der Waals surface area contributed by atoms with Gasteiger partial charge in [-0.3, -0.25) is 14.9 Å². The van der Waals surface area contributed by atoms with Gasteiger partial charge in [0.1, 0.15) is 5.75 Å². The second-order valence-corrected chi connectivity index (χ2v) is 6.32. The molecule has 0 heterocycles.